The minimum atomic E-state index is -0.626. The summed E-state index contributed by atoms with van der Waals surface area (Å²) in [5.41, 5.74) is 7.30. The lowest BCUT2D eigenvalue weighted by molar-refractivity contribution is -0.383. The molecular formula is C30H32N12O6. The van der Waals surface area contributed by atoms with Gasteiger partial charge >= 0.3 is 0 Å². The van der Waals surface area contributed by atoms with Crippen LogP contribution in [0.25, 0.3) is 11.0 Å². The molecule has 5 aromatic rings. The number of nitro benzene ring substituents is 1. The highest BCUT2D eigenvalue weighted by Gasteiger charge is 2.23. The van der Waals surface area contributed by atoms with E-state index >= 15 is 0 Å². The smallest absolute Gasteiger partial charge is 0.297 e. The molecule has 0 bridgehead atoms. The third-order valence-corrected chi connectivity index (χ3v) is 7.46. The summed E-state index contributed by atoms with van der Waals surface area (Å²) in [6.45, 7) is 0.203. The van der Waals surface area contributed by atoms with Crippen molar-refractivity contribution in [1.82, 2.24) is 28.6 Å². The van der Waals surface area contributed by atoms with Crippen molar-refractivity contribution >= 4 is 63.2 Å². The Labute approximate surface area is 272 Å². The number of para-hydroxylation sites is 1. The molecule has 248 valence electrons. The van der Waals surface area contributed by atoms with Gasteiger partial charge in [0.2, 0.25) is 0 Å². The summed E-state index contributed by atoms with van der Waals surface area (Å²) in [6.07, 6.45) is 4.88. The second-order valence-corrected chi connectivity index (χ2v) is 11.0. The lowest BCUT2D eigenvalue weighted by Gasteiger charge is -2.04. The van der Waals surface area contributed by atoms with Crippen molar-refractivity contribution in [3.05, 3.63) is 88.0 Å². The number of benzene rings is 1. The van der Waals surface area contributed by atoms with E-state index in [1.54, 1.807) is 51.2 Å². The van der Waals surface area contributed by atoms with Gasteiger partial charge < -0.3 is 45.3 Å². The molecule has 0 aliphatic carbocycles. The van der Waals surface area contributed by atoms with Gasteiger partial charge in [-0.25, -0.2) is 4.98 Å². The van der Waals surface area contributed by atoms with Gasteiger partial charge in [0.15, 0.2) is 11.3 Å². The van der Waals surface area contributed by atoms with Gasteiger partial charge in [-0.2, -0.15) is 0 Å². The fourth-order valence-electron chi connectivity index (χ4n) is 5.10. The van der Waals surface area contributed by atoms with E-state index in [1.807, 2.05) is 0 Å². The highest BCUT2D eigenvalue weighted by molar-refractivity contribution is 6.09. The fourth-order valence-corrected chi connectivity index (χ4v) is 5.10. The number of hydrogen-bond acceptors (Lipinski definition) is 8. The molecule has 0 atom stereocenters. The summed E-state index contributed by atoms with van der Waals surface area (Å²) < 4.78 is 6.03. The molecule has 4 amide bonds. The monoisotopic (exact) mass is 656 g/mol. The number of fused-ring (bicyclic) bond motifs is 1. The van der Waals surface area contributed by atoms with Gasteiger partial charge in [0.05, 0.1) is 33.3 Å². The van der Waals surface area contributed by atoms with E-state index in [0.717, 1.165) is 0 Å². The number of nitrogens with two attached hydrogens (primary N) is 1. The second-order valence-electron chi connectivity index (χ2n) is 11.0. The minimum absolute atomic E-state index is 0.0429. The van der Waals surface area contributed by atoms with E-state index in [0.29, 0.717) is 22.6 Å². The molecule has 0 saturated carbocycles. The zero-order valence-electron chi connectivity index (χ0n) is 26.3. The van der Waals surface area contributed by atoms with Crippen LogP contribution in [0, 0.1) is 15.5 Å². The van der Waals surface area contributed by atoms with Crippen LogP contribution in [-0.2, 0) is 28.2 Å². The number of amidine groups is 1. The third-order valence-electron chi connectivity index (χ3n) is 7.46. The van der Waals surface area contributed by atoms with Crippen LogP contribution in [0.15, 0.2) is 55.0 Å². The Morgan fingerprint density at radius 3 is 1.77 bits per heavy atom. The standard InChI is InChI=1S/C30H32N12O6/c1-38-13-16(10-21(38)27(43)33-9-8-24(31)32)34-28(44)22-11-17(14-39(22)2)35-29(45)23-12-18(15-40(23)3)36-30(46)26-37-25-19(41(26)4)6-5-7-20(25)42(47)48/h5-7,10-15H,8-9H2,1-4H3,(H3,31,32)(H,33,43)(H,34,44)(H,35,45)(H,36,46). The number of aromatic nitrogens is 5. The number of hydrogen-bond donors (Lipinski definition) is 6. The van der Waals surface area contributed by atoms with Gasteiger partial charge in [0, 0.05) is 65.8 Å². The predicted octanol–water partition coefficient (Wildman–Crippen LogP) is 2.31. The van der Waals surface area contributed by atoms with Crippen molar-refractivity contribution in [1.29, 1.82) is 5.41 Å². The first-order valence-corrected chi connectivity index (χ1v) is 14.4. The van der Waals surface area contributed by atoms with E-state index in [2.05, 4.69) is 26.3 Å². The van der Waals surface area contributed by atoms with Gasteiger partial charge in [0.25, 0.3) is 29.3 Å². The summed E-state index contributed by atoms with van der Waals surface area (Å²) >= 11 is 0. The number of nitrogens with zero attached hydrogens (tertiary/aromatic N) is 6. The Kier molecular flexibility index (Phi) is 8.81. The topological polar surface area (TPSA) is 242 Å². The summed E-state index contributed by atoms with van der Waals surface area (Å²) in [4.78, 5) is 66.8. The Morgan fingerprint density at radius 1 is 0.812 bits per heavy atom. The highest BCUT2D eigenvalue weighted by Crippen LogP contribution is 2.26. The number of carbonyl (C=O) groups is 4. The fraction of sp³-hybridized carbons (Fsp3) is 0.200. The Hall–Kier alpha value is -6.72. The van der Waals surface area contributed by atoms with Crippen molar-refractivity contribution < 1.29 is 24.1 Å². The molecule has 0 aliphatic rings. The SMILES string of the molecule is Cn1cc(NC(=O)c2cc(NC(=O)c3cc(NC(=O)c4nc5c([N+](=O)[O-])cccc5n4C)cn3C)cn2C)cc1C(=O)NCCC(=N)N. The maximum absolute atomic E-state index is 13.2. The number of nitrogens with one attached hydrogen (secondary N) is 5. The van der Waals surface area contributed by atoms with Gasteiger partial charge in [-0.3, -0.25) is 34.7 Å². The number of non-ortho nitro benzene ring substituents is 1. The number of carbonyl (C=O) groups excluding carboxylic acids is 4. The molecule has 5 rings (SSSR count). The van der Waals surface area contributed by atoms with Crippen molar-refractivity contribution in [3.63, 3.8) is 0 Å². The van der Waals surface area contributed by atoms with Gasteiger partial charge in [-0.1, -0.05) is 6.07 Å². The minimum Gasteiger partial charge on any atom is -0.388 e. The molecule has 0 spiro atoms. The largest absolute Gasteiger partial charge is 0.388 e. The average Bonchev–Trinajstić information content (AvgIpc) is 3.77. The van der Waals surface area contributed by atoms with Crippen LogP contribution < -0.4 is 27.0 Å². The number of nitro groups is 1. The summed E-state index contributed by atoms with van der Waals surface area (Å²) in [5, 5.41) is 29.5. The third kappa shape index (κ3) is 6.62. The van der Waals surface area contributed by atoms with Crippen LogP contribution in [-0.4, -0.2) is 64.2 Å². The lowest BCUT2D eigenvalue weighted by atomic mass is 10.3. The number of rotatable bonds is 11. The van der Waals surface area contributed by atoms with Crippen LogP contribution in [0.2, 0.25) is 0 Å². The van der Waals surface area contributed by atoms with Crippen molar-refractivity contribution in [2.75, 3.05) is 22.5 Å². The second kappa shape index (κ2) is 12.9. The van der Waals surface area contributed by atoms with Gasteiger partial charge in [-0.15, -0.1) is 0 Å². The van der Waals surface area contributed by atoms with Crippen LogP contribution in [0.5, 0.6) is 0 Å². The van der Waals surface area contributed by atoms with Crippen molar-refractivity contribution in [3.8, 4) is 0 Å². The zero-order valence-corrected chi connectivity index (χ0v) is 26.3. The number of amides is 4. The molecule has 0 radical (unpaired) electrons. The van der Waals surface area contributed by atoms with Crippen LogP contribution in [0.4, 0.5) is 22.7 Å². The van der Waals surface area contributed by atoms with Crippen molar-refractivity contribution in [2.24, 2.45) is 33.9 Å². The first kappa shape index (κ1) is 32.7. The average molecular weight is 657 g/mol. The first-order valence-electron chi connectivity index (χ1n) is 14.4. The van der Waals surface area contributed by atoms with E-state index in [9.17, 15) is 29.3 Å². The Bertz CT molecular complexity index is 2130. The summed E-state index contributed by atoms with van der Waals surface area (Å²) in [7, 11) is 6.47. The molecule has 0 saturated heterocycles. The normalized spacial score (nSPS) is 10.9. The quantitative estimate of drug-likeness (QED) is 0.0532. The maximum atomic E-state index is 13.2. The van der Waals surface area contributed by atoms with E-state index in [-0.39, 0.29) is 58.8 Å². The molecule has 0 aliphatic heterocycles. The molecule has 48 heavy (non-hydrogen) atoms. The molecule has 0 fully saturated rings. The Balaban J connectivity index is 1.24. The number of aryl methyl sites for hydroxylation is 4. The van der Waals surface area contributed by atoms with E-state index < -0.39 is 22.6 Å². The molecule has 0 unspecified atom stereocenters. The molecule has 4 aromatic heterocycles. The Morgan fingerprint density at radius 2 is 1.29 bits per heavy atom. The van der Waals surface area contributed by atoms with Crippen LogP contribution in [0.1, 0.15) is 48.5 Å². The van der Waals surface area contributed by atoms with Crippen LogP contribution >= 0.6 is 0 Å². The molecule has 18 heteroatoms. The summed E-state index contributed by atoms with van der Waals surface area (Å²) in [6, 6.07) is 8.90. The van der Waals surface area contributed by atoms with E-state index in [4.69, 9.17) is 11.1 Å². The molecule has 4 heterocycles. The maximum Gasteiger partial charge on any atom is 0.297 e. The van der Waals surface area contributed by atoms with Gasteiger partial charge in [0.1, 0.15) is 17.1 Å². The highest BCUT2D eigenvalue weighted by atomic mass is 16.6. The molecule has 1 aromatic carbocycles. The van der Waals surface area contributed by atoms with Crippen LogP contribution in [0.3, 0.4) is 0 Å². The predicted molar refractivity (Wildman–Crippen MR) is 176 cm³/mol. The van der Waals surface area contributed by atoms with E-state index in [1.165, 1.54) is 50.2 Å². The molecule has 7 N–H and O–H groups in total. The summed E-state index contributed by atoms with van der Waals surface area (Å²) in [5.74, 6) is -2.11. The first-order chi connectivity index (χ1) is 22.7. The number of imidazole rings is 1. The molecular weight excluding hydrogens is 624 g/mol. The number of anilines is 3. The van der Waals surface area contributed by atoms with Gasteiger partial charge in [-0.05, 0) is 24.3 Å². The zero-order chi connectivity index (χ0) is 34.9. The lowest BCUT2D eigenvalue weighted by Crippen LogP contribution is -2.28. The molecule has 18 nitrogen and oxygen atoms in total. The van der Waals surface area contributed by atoms with Crippen molar-refractivity contribution in [2.45, 2.75) is 6.42 Å².